The molecule has 3 heterocycles. The third-order valence-corrected chi connectivity index (χ3v) is 6.50. The number of imidazole rings is 1. The van der Waals surface area contributed by atoms with Crippen molar-refractivity contribution in [2.45, 2.75) is 39.2 Å². The van der Waals surface area contributed by atoms with E-state index in [4.69, 9.17) is 23.2 Å². The summed E-state index contributed by atoms with van der Waals surface area (Å²) in [4.78, 5) is 48.6. The minimum atomic E-state index is -1.76. The van der Waals surface area contributed by atoms with Gasteiger partial charge in [0.05, 0.1) is 28.5 Å². The fourth-order valence-corrected chi connectivity index (χ4v) is 4.27. The molecule has 190 valence electrons. The Hall–Kier alpha value is -3.44. The molecule has 13 heteroatoms. The van der Waals surface area contributed by atoms with Crippen LogP contribution in [-0.2, 0) is 20.0 Å². The molecule has 0 saturated heterocycles. The maximum absolute atomic E-state index is 15.3. The number of hydrogen-bond donors (Lipinski definition) is 2. The second-order valence-corrected chi connectivity index (χ2v) is 9.39. The van der Waals surface area contributed by atoms with E-state index in [0.29, 0.717) is 0 Å². The van der Waals surface area contributed by atoms with E-state index in [1.54, 1.807) is 7.05 Å². The van der Waals surface area contributed by atoms with Crippen molar-refractivity contribution in [2.24, 2.45) is 7.05 Å². The van der Waals surface area contributed by atoms with Crippen LogP contribution in [0, 0.1) is 0 Å². The molecular formula is C23H24Cl2FN7O3. The van der Waals surface area contributed by atoms with E-state index in [-0.39, 0.29) is 63.5 Å². The van der Waals surface area contributed by atoms with Gasteiger partial charge in [-0.25, -0.2) is 18.9 Å². The average Bonchev–Trinajstić information content (AvgIpc) is 3.20. The lowest BCUT2D eigenvalue weighted by atomic mass is 10.0. The zero-order valence-corrected chi connectivity index (χ0v) is 21.5. The van der Waals surface area contributed by atoms with Crippen molar-refractivity contribution in [3.05, 3.63) is 67.4 Å². The van der Waals surface area contributed by atoms with Gasteiger partial charge in [0.1, 0.15) is 5.82 Å². The molecule has 1 atom stereocenters. The summed E-state index contributed by atoms with van der Waals surface area (Å²) in [6.45, 7) is 3.52. The van der Waals surface area contributed by atoms with Crippen LogP contribution in [0.4, 0.5) is 10.3 Å². The summed E-state index contributed by atoms with van der Waals surface area (Å²) >= 11 is 12.0. The molecule has 1 aliphatic rings. The lowest BCUT2D eigenvalue weighted by Gasteiger charge is -2.32. The Morgan fingerprint density at radius 2 is 1.94 bits per heavy atom. The molecule has 0 radical (unpaired) electrons. The zero-order chi connectivity index (χ0) is 26.3. The SMILES string of the molecule is CNC(=O)c1ncc(-n2c(NC(C)C)nc3c(c2=O)C[C@@H](F)N(C(=O)c2ccc(Cl)c(Cl)c2)C3)n1C. The van der Waals surface area contributed by atoms with E-state index in [9.17, 15) is 14.4 Å². The lowest BCUT2D eigenvalue weighted by Crippen LogP contribution is -2.45. The topological polar surface area (TPSA) is 114 Å². The van der Waals surface area contributed by atoms with Gasteiger partial charge in [-0.3, -0.25) is 14.4 Å². The molecule has 10 nitrogen and oxygen atoms in total. The van der Waals surface area contributed by atoms with Crippen LogP contribution in [-0.4, -0.2) is 55.2 Å². The minimum absolute atomic E-state index is 0.0920. The van der Waals surface area contributed by atoms with Crippen molar-refractivity contribution in [1.29, 1.82) is 0 Å². The maximum Gasteiger partial charge on any atom is 0.287 e. The van der Waals surface area contributed by atoms with Gasteiger partial charge in [0.15, 0.2) is 12.1 Å². The second-order valence-electron chi connectivity index (χ2n) is 8.58. The molecule has 4 rings (SSSR count). The fraction of sp³-hybridized carbons (Fsp3) is 0.348. The largest absolute Gasteiger partial charge is 0.353 e. The molecule has 1 aromatic carbocycles. The molecule has 0 unspecified atom stereocenters. The molecule has 0 aliphatic carbocycles. The highest BCUT2D eigenvalue weighted by atomic mass is 35.5. The number of alkyl halides is 1. The van der Waals surface area contributed by atoms with Crippen molar-refractivity contribution >= 4 is 41.0 Å². The quantitative estimate of drug-likeness (QED) is 0.485. The maximum atomic E-state index is 15.3. The van der Waals surface area contributed by atoms with Crippen LogP contribution in [0.25, 0.3) is 5.82 Å². The number of anilines is 1. The number of fused-ring (bicyclic) bond motifs is 1. The summed E-state index contributed by atoms with van der Waals surface area (Å²) in [6, 6.07) is 4.19. The molecule has 0 spiro atoms. The van der Waals surface area contributed by atoms with E-state index in [2.05, 4.69) is 20.6 Å². The molecule has 2 aromatic heterocycles. The normalized spacial score (nSPS) is 15.1. The second kappa shape index (κ2) is 9.90. The van der Waals surface area contributed by atoms with E-state index in [1.807, 2.05) is 13.8 Å². The Morgan fingerprint density at radius 1 is 1.22 bits per heavy atom. The first-order chi connectivity index (χ1) is 17.0. The van der Waals surface area contributed by atoms with Gasteiger partial charge >= 0.3 is 0 Å². The number of nitrogens with zero attached hydrogens (tertiary/aromatic N) is 5. The van der Waals surface area contributed by atoms with Gasteiger partial charge in [-0.05, 0) is 32.0 Å². The van der Waals surface area contributed by atoms with Crippen LogP contribution in [0.1, 0.15) is 46.1 Å². The highest BCUT2D eigenvalue weighted by molar-refractivity contribution is 6.42. The van der Waals surface area contributed by atoms with Crippen LogP contribution in [0.3, 0.4) is 0 Å². The lowest BCUT2D eigenvalue weighted by molar-refractivity contribution is 0.0381. The molecule has 2 N–H and O–H groups in total. The van der Waals surface area contributed by atoms with Crippen molar-refractivity contribution in [2.75, 3.05) is 12.4 Å². The first-order valence-corrected chi connectivity index (χ1v) is 11.8. The summed E-state index contributed by atoms with van der Waals surface area (Å²) in [7, 11) is 3.06. The summed E-state index contributed by atoms with van der Waals surface area (Å²) in [6.07, 6.45) is -0.739. The van der Waals surface area contributed by atoms with Crippen molar-refractivity contribution in [1.82, 2.24) is 29.3 Å². The zero-order valence-electron chi connectivity index (χ0n) is 20.0. The van der Waals surface area contributed by atoms with Crippen molar-refractivity contribution in [3.63, 3.8) is 0 Å². The molecule has 0 fully saturated rings. The first kappa shape index (κ1) is 25.6. The summed E-state index contributed by atoms with van der Waals surface area (Å²) in [5.41, 5.74) is 0.0629. The van der Waals surface area contributed by atoms with Crippen LogP contribution < -0.4 is 16.2 Å². The van der Waals surface area contributed by atoms with Gasteiger partial charge in [0, 0.05) is 37.7 Å². The Balaban J connectivity index is 1.80. The van der Waals surface area contributed by atoms with Gasteiger partial charge in [-0.15, -0.1) is 0 Å². The minimum Gasteiger partial charge on any atom is -0.353 e. The third-order valence-electron chi connectivity index (χ3n) is 5.76. The number of carbonyl (C=O) groups is 2. The third kappa shape index (κ3) is 4.56. The number of carbonyl (C=O) groups excluding carboxylic acids is 2. The van der Waals surface area contributed by atoms with Crippen LogP contribution in [0.2, 0.25) is 10.0 Å². The number of rotatable bonds is 5. The molecule has 36 heavy (non-hydrogen) atoms. The van der Waals surface area contributed by atoms with Crippen LogP contribution in [0.5, 0.6) is 0 Å². The Bertz CT molecular complexity index is 1420. The number of amides is 2. The summed E-state index contributed by atoms with van der Waals surface area (Å²) in [5, 5.41) is 6.07. The van der Waals surface area contributed by atoms with Crippen molar-refractivity contribution in [3.8, 4) is 5.82 Å². The summed E-state index contributed by atoms with van der Waals surface area (Å²) in [5.74, 6) is -0.477. The molecule has 2 amide bonds. The number of benzene rings is 1. The predicted octanol–water partition coefficient (Wildman–Crippen LogP) is 2.95. The average molecular weight is 536 g/mol. The predicted molar refractivity (Wildman–Crippen MR) is 134 cm³/mol. The van der Waals surface area contributed by atoms with E-state index in [0.717, 1.165) is 4.90 Å². The van der Waals surface area contributed by atoms with Crippen LogP contribution in [0.15, 0.2) is 29.2 Å². The highest BCUT2D eigenvalue weighted by Crippen LogP contribution is 2.28. The number of halogens is 3. The van der Waals surface area contributed by atoms with Gasteiger partial charge < -0.3 is 20.1 Å². The summed E-state index contributed by atoms with van der Waals surface area (Å²) < 4.78 is 18.0. The molecule has 1 aliphatic heterocycles. The number of hydrogen-bond acceptors (Lipinski definition) is 6. The smallest absolute Gasteiger partial charge is 0.287 e. The van der Waals surface area contributed by atoms with Gasteiger partial charge in [0.25, 0.3) is 17.4 Å². The molecule has 0 saturated carbocycles. The Morgan fingerprint density at radius 3 is 2.58 bits per heavy atom. The van der Waals surface area contributed by atoms with E-state index >= 15 is 4.39 Å². The van der Waals surface area contributed by atoms with Gasteiger partial charge in [-0.2, -0.15) is 0 Å². The van der Waals surface area contributed by atoms with Crippen molar-refractivity contribution < 1.29 is 14.0 Å². The number of nitrogens with one attached hydrogen (secondary N) is 2. The van der Waals surface area contributed by atoms with Gasteiger partial charge in [0.2, 0.25) is 5.95 Å². The fourth-order valence-electron chi connectivity index (χ4n) is 3.97. The molecule has 3 aromatic rings. The van der Waals surface area contributed by atoms with Crippen LogP contribution >= 0.6 is 23.2 Å². The van der Waals surface area contributed by atoms with E-state index in [1.165, 1.54) is 40.6 Å². The Kier molecular flexibility index (Phi) is 7.05. The Labute approximate surface area is 216 Å². The number of aromatic nitrogens is 4. The van der Waals surface area contributed by atoms with E-state index < -0.39 is 23.7 Å². The highest BCUT2D eigenvalue weighted by Gasteiger charge is 2.35. The monoisotopic (exact) mass is 535 g/mol. The standard InChI is InChI=1S/C23H24Cl2FN7O3/c1-11(2)29-23-30-16-10-32(21(35)12-5-6-14(24)15(25)7-12)17(26)8-13(16)22(36)33(23)18-9-28-19(31(18)4)20(34)27-3/h5-7,9,11,17H,8,10H2,1-4H3,(H,27,34)(H,29,30)/t17-/m0/s1. The molecule has 0 bridgehead atoms. The first-order valence-electron chi connectivity index (χ1n) is 11.1. The van der Waals surface area contributed by atoms with Gasteiger partial charge in [-0.1, -0.05) is 23.2 Å². The molecular weight excluding hydrogens is 512 g/mol.